The number of aromatic nitrogens is 2. The van der Waals surface area contributed by atoms with Crippen LogP contribution < -0.4 is 24.3 Å². The summed E-state index contributed by atoms with van der Waals surface area (Å²) < 4.78 is 19.2. The van der Waals surface area contributed by atoms with Gasteiger partial charge in [0.05, 0.1) is 22.7 Å². The molecule has 0 bridgehead atoms. The van der Waals surface area contributed by atoms with Crippen LogP contribution in [-0.4, -0.2) is 29.7 Å². The van der Waals surface area contributed by atoms with Gasteiger partial charge >= 0.3 is 0 Å². The van der Waals surface area contributed by atoms with E-state index in [1.165, 1.54) is 11.3 Å². The summed E-state index contributed by atoms with van der Waals surface area (Å²) in [6.45, 7) is 0.803. The third-order valence-electron chi connectivity index (χ3n) is 4.98. The molecule has 3 aromatic carbocycles. The van der Waals surface area contributed by atoms with Crippen molar-refractivity contribution in [3.8, 4) is 17.2 Å². The van der Waals surface area contributed by atoms with Crippen LogP contribution in [0, 0.1) is 0 Å². The molecule has 0 saturated heterocycles. The first kappa shape index (κ1) is 20.1. The molecule has 2 aromatic heterocycles. The molecular weight excluding hydrogens is 424 g/mol. The molecule has 0 spiro atoms. The minimum absolute atomic E-state index is 0.0731. The van der Waals surface area contributed by atoms with Crippen LogP contribution in [0.25, 0.3) is 22.1 Å². The Kier molecular flexibility index (Phi) is 5.47. The maximum atomic E-state index is 13.0. The minimum Gasteiger partial charge on any atom is -0.493 e. The standard InChI is InChI=1S/C25H20N2O4S/c1-29-22-15-17(11-12-21(22)31-14-13-30-18-7-3-2-4-8-18)16-23-24(28)27-20-10-6-5-9-19(20)26-25(27)32-23/h2-12,15-16H,13-14H2,1H3/b23-16-. The molecule has 0 atom stereocenters. The van der Waals surface area contributed by atoms with Crippen molar-refractivity contribution in [3.05, 3.63) is 93.2 Å². The Labute approximate surface area is 187 Å². The van der Waals surface area contributed by atoms with Gasteiger partial charge in [0.1, 0.15) is 19.0 Å². The molecule has 0 aliphatic heterocycles. The van der Waals surface area contributed by atoms with Crippen molar-refractivity contribution in [2.45, 2.75) is 0 Å². The summed E-state index contributed by atoms with van der Waals surface area (Å²) in [6.07, 6.45) is 1.85. The predicted molar refractivity (Wildman–Crippen MR) is 126 cm³/mol. The number of methoxy groups -OCH3 is 1. The number of benzene rings is 3. The zero-order valence-electron chi connectivity index (χ0n) is 17.4. The number of nitrogens with zero attached hydrogens (tertiary/aromatic N) is 2. The lowest BCUT2D eigenvalue weighted by Gasteiger charge is -2.12. The number of imidazole rings is 1. The third-order valence-corrected chi connectivity index (χ3v) is 5.95. The summed E-state index contributed by atoms with van der Waals surface area (Å²) in [6, 6.07) is 22.8. The van der Waals surface area contributed by atoms with Crippen LogP contribution in [0.2, 0.25) is 0 Å². The van der Waals surface area contributed by atoms with Crippen molar-refractivity contribution in [1.82, 2.24) is 9.38 Å². The van der Waals surface area contributed by atoms with Crippen LogP contribution in [0.3, 0.4) is 0 Å². The number of thiazole rings is 1. The van der Waals surface area contributed by atoms with Gasteiger partial charge in [-0.3, -0.25) is 4.79 Å². The van der Waals surface area contributed by atoms with Gasteiger partial charge < -0.3 is 14.2 Å². The van der Waals surface area contributed by atoms with E-state index in [9.17, 15) is 4.79 Å². The zero-order valence-corrected chi connectivity index (χ0v) is 18.2. The molecule has 0 aliphatic carbocycles. The Hall–Kier alpha value is -3.84. The van der Waals surface area contributed by atoms with E-state index >= 15 is 0 Å². The van der Waals surface area contributed by atoms with Crippen molar-refractivity contribution in [1.29, 1.82) is 0 Å². The van der Waals surface area contributed by atoms with E-state index in [4.69, 9.17) is 14.2 Å². The van der Waals surface area contributed by atoms with E-state index in [-0.39, 0.29) is 5.56 Å². The second kappa shape index (κ2) is 8.72. The summed E-state index contributed by atoms with van der Waals surface area (Å²) in [4.78, 5) is 18.2. The van der Waals surface area contributed by atoms with Gasteiger partial charge in [-0.1, -0.05) is 47.7 Å². The second-order valence-corrected chi connectivity index (χ2v) is 8.06. The monoisotopic (exact) mass is 444 g/mol. The fourth-order valence-electron chi connectivity index (χ4n) is 3.48. The van der Waals surface area contributed by atoms with Gasteiger partial charge in [0.25, 0.3) is 5.56 Å². The zero-order chi connectivity index (χ0) is 21.9. The highest BCUT2D eigenvalue weighted by molar-refractivity contribution is 7.15. The Morgan fingerprint density at radius 2 is 1.72 bits per heavy atom. The quantitative estimate of drug-likeness (QED) is 0.356. The predicted octanol–water partition coefficient (Wildman–Crippen LogP) is 3.92. The Bertz CT molecular complexity index is 1490. The van der Waals surface area contributed by atoms with E-state index in [0.717, 1.165) is 22.3 Å². The lowest BCUT2D eigenvalue weighted by atomic mass is 10.2. The number of hydrogen-bond donors (Lipinski definition) is 0. The van der Waals surface area contributed by atoms with Gasteiger partial charge in [-0.2, -0.15) is 0 Å². The average molecular weight is 445 g/mol. The van der Waals surface area contributed by atoms with E-state index in [1.807, 2.05) is 78.9 Å². The van der Waals surface area contributed by atoms with E-state index in [2.05, 4.69) is 4.98 Å². The summed E-state index contributed by atoms with van der Waals surface area (Å²) in [5.74, 6) is 2.02. The molecule has 0 saturated carbocycles. The molecule has 5 rings (SSSR count). The molecular formula is C25H20N2O4S. The average Bonchev–Trinajstić information content (AvgIpc) is 3.34. The van der Waals surface area contributed by atoms with Crippen molar-refractivity contribution in [3.63, 3.8) is 0 Å². The van der Waals surface area contributed by atoms with Crippen LogP contribution in [0.1, 0.15) is 5.56 Å². The van der Waals surface area contributed by atoms with E-state index in [1.54, 1.807) is 11.5 Å². The smallest absolute Gasteiger partial charge is 0.274 e. The van der Waals surface area contributed by atoms with Gasteiger partial charge in [-0.05, 0) is 48.0 Å². The largest absolute Gasteiger partial charge is 0.493 e. The first-order chi connectivity index (χ1) is 15.7. The third kappa shape index (κ3) is 3.90. The van der Waals surface area contributed by atoms with Gasteiger partial charge in [0, 0.05) is 0 Å². The fourth-order valence-corrected chi connectivity index (χ4v) is 4.47. The van der Waals surface area contributed by atoms with Crippen molar-refractivity contribution in [2.24, 2.45) is 0 Å². The van der Waals surface area contributed by atoms with Crippen LogP contribution in [0.15, 0.2) is 77.6 Å². The van der Waals surface area contributed by atoms with Gasteiger partial charge in [-0.25, -0.2) is 9.38 Å². The lowest BCUT2D eigenvalue weighted by molar-refractivity contribution is 0.211. The normalized spacial score (nSPS) is 11.8. The SMILES string of the molecule is COc1cc(/C=c2\sc3nc4ccccc4n3c2=O)ccc1OCCOc1ccccc1. The summed E-state index contributed by atoms with van der Waals surface area (Å²) in [5, 5.41) is 0. The molecule has 32 heavy (non-hydrogen) atoms. The molecule has 160 valence electrons. The molecule has 0 aliphatic rings. The summed E-state index contributed by atoms with van der Waals surface area (Å²) in [7, 11) is 1.59. The van der Waals surface area contributed by atoms with E-state index < -0.39 is 0 Å². The maximum absolute atomic E-state index is 13.0. The topological polar surface area (TPSA) is 62.1 Å². The second-order valence-electron chi connectivity index (χ2n) is 7.05. The number of hydrogen-bond acceptors (Lipinski definition) is 6. The van der Waals surface area contributed by atoms with Crippen LogP contribution in [0.5, 0.6) is 17.2 Å². The highest BCUT2D eigenvalue weighted by Gasteiger charge is 2.11. The molecule has 6 nitrogen and oxygen atoms in total. The molecule has 5 aromatic rings. The van der Waals surface area contributed by atoms with Crippen LogP contribution in [0.4, 0.5) is 0 Å². The molecule has 0 radical (unpaired) electrons. The van der Waals surface area contributed by atoms with Gasteiger partial charge in [0.2, 0.25) is 0 Å². The highest BCUT2D eigenvalue weighted by atomic mass is 32.1. The molecule has 0 fully saturated rings. The Morgan fingerprint density at radius 3 is 2.56 bits per heavy atom. The van der Waals surface area contributed by atoms with E-state index in [0.29, 0.717) is 34.2 Å². The van der Waals surface area contributed by atoms with Gasteiger partial charge in [-0.15, -0.1) is 0 Å². The van der Waals surface area contributed by atoms with Crippen molar-refractivity contribution < 1.29 is 14.2 Å². The minimum atomic E-state index is -0.0731. The molecule has 0 unspecified atom stereocenters. The fraction of sp³-hybridized carbons (Fsp3) is 0.120. The molecule has 0 amide bonds. The van der Waals surface area contributed by atoms with Crippen molar-refractivity contribution in [2.75, 3.05) is 20.3 Å². The highest BCUT2D eigenvalue weighted by Crippen LogP contribution is 2.28. The Morgan fingerprint density at radius 1 is 0.938 bits per heavy atom. The summed E-state index contributed by atoms with van der Waals surface area (Å²) >= 11 is 1.37. The first-order valence-electron chi connectivity index (χ1n) is 10.1. The van der Waals surface area contributed by atoms with Gasteiger partial charge in [0.15, 0.2) is 16.5 Å². The van der Waals surface area contributed by atoms with Crippen LogP contribution in [-0.2, 0) is 0 Å². The molecule has 7 heteroatoms. The maximum Gasteiger partial charge on any atom is 0.274 e. The number of fused-ring (bicyclic) bond motifs is 3. The molecule has 2 heterocycles. The lowest BCUT2D eigenvalue weighted by Crippen LogP contribution is -2.22. The number of ether oxygens (including phenoxy) is 3. The Balaban J connectivity index is 1.36. The summed E-state index contributed by atoms with van der Waals surface area (Å²) in [5.41, 5.74) is 2.42. The number of rotatable bonds is 7. The molecule has 0 N–H and O–H groups in total. The van der Waals surface area contributed by atoms with Crippen molar-refractivity contribution >= 4 is 33.4 Å². The first-order valence-corrected chi connectivity index (χ1v) is 10.9. The van der Waals surface area contributed by atoms with Crippen LogP contribution >= 0.6 is 11.3 Å². The number of para-hydroxylation sites is 3.